The van der Waals surface area contributed by atoms with Gasteiger partial charge in [0.2, 0.25) is 0 Å². The van der Waals surface area contributed by atoms with Crippen LogP contribution in [0.25, 0.3) is 10.6 Å². The summed E-state index contributed by atoms with van der Waals surface area (Å²) in [5.41, 5.74) is 1.91. The van der Waals surface area contributed by atoms with Crippen LogP contribution in [0.5, 0.6) is 0 Å². The van der Waals surface area contributed by atoms with Crippen LogP contribution in [0.3, 0.4) is 0 Å². The molecule has 3 heterocycles. The van der Waals surface area contributed by atoms with E-state index in [1.807, 2.05) is 23.3 Å². The molecule has 0 aromatic carbocycles. The van der Waals surface area contributed by atoms with Crippen LogP contribution in [-0.2, 0) is 0 Å². The molecule has 0 spiro atoms. The number of aryl methyl sites for hydroxylation is 1. The topological polar surface area (TPSA) is 53.4 Å². The molecule has 0 radical (unpaired) electrons. The average molecular weight is 322 g/mol. The highest BCUT2D eigenvalue weighted by atomic mass is 32.1. The minimum Gasteiger partial charge on any atom is -0.396 e. The van der Waals surface area contributed by atoms with Gasteiger partial charge in [-0.05, 0) is 37.1 Å². The van der Waals surface area contributed by atoms with Crippen molar-refractivity contribution in [3.05, 3.63) is 27.4 Å². The smallest absolute Gasteiger partial charge is 0.265 e. The SMILES string of the molecule is Cc1nc(-c2ccsc2)sc1C(=O)N1CCC(CCO)C1. The molecule has 1 saturated heterocycles. The molecule has 1 amide bonds. The number of hydrogen-bond donors (Lipinski definition) is 1. The summed E-state index contributed by atoms with van der Waals surface area (Å²) in [6.45, 7) is 3.65. The predicted molar refractivity (Wildman–Crippen MR) is 85.9 cm³/mol. The van der Waals surface area contributed by atoms with E-state index in [0.717, 1.165) is 47.1 Å². The number of aliphatic hydroxyl groups excluding tert-OH is 1. The summed E-state index contributed by atoms with van der Waals surface area (Å²) in [7, 11) is 0. The molecule has 0 saturated carbocycles. The minimum atomic E-state index is 0.0897. The van der Waals surface area contributed by atoms with Gasteiger partial charge in [-0.15, -0.1) is 11.3 Å². The van der Waals surface area contributed by atoms with Gasteiger partial charge in [0.15, 0.2) is 0 Å². The van der Waals surface area contributed by atoms with E-state index >= 15 is 0 Å². The van der Waals surface area contributed by atoms with Gasteiger partial charge in [-0.25, -0.2) is 4.98 Å². The van der Waals surface area contributed by atoms with Crippen LogP contribution >= 0.6 is 22.7 Å². The van der Waals surface area contributed by atoms with E-state index < -0.39 is 0 Å². The molecule has 1 N–H and O–H groups in total. The van der Waals surface area contributed by atoms with Crippen molar-refractivity contribution in [3.8, 4) is 10.6 Å². The third-order valence-corrected chi connectivity index (χ3v) is 5.75. The lowest BCUT2D eigenvalue weighted by atomic mass is 10.1. The second-order valence-electron chi connectivity index (χ2n) is 5.36. The molecule has 1 aliphatic rings. The maximum absolute atomic E-state index is 12.6. The molecule has 112 valence electrons. The number of likely N-dealkylation sites (tertiary alicyclic amines) is 1. The van der Waals surface area contributed by atoms with E-state index in [2.05, 4.69) is 10.4 Å². The van der Waals surface area contributed by atoms with Gasteiger partial charge in [-0.1, -0.05) is 0 Å². The van der Waals surface area contributed by atoms with E-state index in [4.69, 9.17) is 5.11 Å². The number of aromatic nitrogens is 1. The summed E-state index contributed by atoms with van der Waals surface area (Å²) in [5.74, 6) is 0.524. The summed E-state index contributed by atoms with van der Waals surface area (Å²) in [6, 6.07) is 2.03. The molecule has 6 heteroatoms. The van der Waals surface area contributed by atoms with Crippen molar-refractivity contribution in [2.24, 2.45) is 5.92 Å². The van der Waals surface area contributed by atoms with Crippen molar-refractivity contribution in [2.45, 2.75) is 19.8 Å². The molecule has 1 fully saturated rings. The van der Waals surface area contributed by atoms with Gasteiger partial charge in [0.05, 0.1) is 5.69 Å². The van der Waals surface area contributed by atoms with Gasteiger partial charge in [-0.3, -0.25) is 4.79 Å². The quantitative estimate of drug-likeness (QED) is 0.941. The van der Waals surface area contributed by atoms with Crippen LogP contribution in [0.2, 0.25) is 0 Å². The fraction of sp³-hybridized carbons (Fsp3) is 0.467. The second-order valence-corrected chi connectivity index (χ2v) is 7.14. The Bertz CT molecular complexity index is 622. The van der Waals surface area contributed by atoms with Crippen molar-refractivity contribution in [2.75, 3.05) is 19.7 Å². The summed E-state index contributed by atoms with van der Waals surface area (Å²) in [6.07, 6.45) is 1.77. The Kier molecular flexibility index (Phi) is 4.37. The molecular formula is C15H18N2O2S2. The lowest BCUT2D eigenvalue weighted by molar-refractivity contribution is 0.0788. The van der Waals surface area contributed by atoms with E-state index in [1.54, 1.807) is 11.3 Å². The van der Waals surface area contributed by atoms with Crippen molar-refractivity contribution >= 4 is 28.6 Å². The van der Waals surface area contributed by atoms with Crippen molar-refractivity contribution in [3.63, 3.8) is 0 Å². The Morgan fingerprint density at radius 3 is 3.14 bits per heavy atom. The maximum atomic E-state index is 12.6. The molecule has 2 aromatic heterocycles. The lowest BCUT2D eigenvalue weighted by Gasteiger charge is -2.15. The Hall–Kier alpha value is -1.24. The van der Waals surface area contributed by atoms with Crippen molar-refractivity contribution in [1.29, 1.82) is 0 Å². The van der Waals surface area contributed by atoms with Crippen molar-refractivity contribution in [1.82, 2.24) is 9.88 Å². The first-order valence-corrected chi connectivity index (χ1v) is 8.85. The number of hydrogen-bond acceptors (Lipinski definition) is 5. The van der Waals surface area contributed by atoms with Crippen LogP contribution < -0.4 is 0 Å². The highest BCUT2D eigenvalue weighted by molar-refractivity contribution is 7.17. The number of thiophene rings is 1. The number of nitrogens with zero attached hydrogens (tertiary/aromatic N) is 2. The number of thiazole rings is 1. The van der Waals surface area contributed by atoms with Crippen LogP contribution in [-0.4, -0.2) is 40.6 Å². The zero-order valence-corrected chi connectivity index (χ0v) is 13.5. The highest BCUT2D eigenvalue weighted by Gasteiger charge is 2.29. The summed E-state index contributed by atoms with van der Waals surface area (Å²) >= 11 is 3.12. The summed E-state index contributed by atoms with van der Waals surface area (Å²) < 4.78 is 0. The van der Waals surface area contributed by atoms with Gasteiger partial charge in [0.25, 0.3) is 5.91 Å². The monoisotopic (exact) mass is 322 g/mol. The third kappa shape index (κ3) is 3.02. The van der Waals surface area contributed by atoms with E-state index in [0.29, 0.717) is 5.92 Å². The normalized spacial score (nSPS) is 18.4. The lowest BCUT2D eigenvalue weighted by Crippen LogP contribution is -2.28. The van der Waals surface area contributed by atoms with Crippen LogP contribution in [0.1, 0.15) is 28.2 Å². The molecule has 1 unspecified atom stereocenters. The minimum absolute atomic E-state index is 0.0897. The van der Waals surface area contributed by atoms with Gasteiger partial charge >= 0.3 is 0 Å². The first-order valence-electron chi connectivity index (χ1n) is 7.09. The number of rotatable bonds is 4. The molecule has 1 atom stereocenters. The Balaban J connectivity index is 1.76. The highest BCUT2D eigenvalue weighted by Crippen LogP contribution is 2.31. The first-order chi connectivity index (χ1) is 10.2. The van der Waals surface area contributed by atoms with Gasteiger partial charge in [0, 0.05) is 30.6 Å². The average Bonchev–Trinajstić information content (AvgIpc) is 3.17. The van der Waals surface area contributed by atoms with Gasteiger partial charge in [-0.2, -0.15) is 11.3 Å². The fourth-order valence-electron chi connectivity index (χ4n) is 2.68. The van der Waals surface area contributed by atoms with E-state index in [-0.39, 0.29) is 12.5 Å². The maximum Gasteiger partial charge on any atom is 0.265 e. The molecule has 2 aromatic rings. The largest absolute Gasteiger partial charge is 0.396 e. The Morgan fingerprint density at radius 2 is 2.43 bits per heavy atom. The molecule has 1 aliphatic heterocycles. The number of aliphatic hydroxyl groups is 1. The van der Waals surface area contributed by atoms with E-state index in [1.165, 1.54) is 11.3 Å². The Morgan fingerprint density at radius 1 is 1.57 bits per heavy atom. The van der Waals surface area contributed by atoms with Crippen LogP contribution in [0, 0.1) is 12.8 Å². The molecule has 0 bridgehead atoms. The third-order valence-electron chi connectivity index (χ3n) is 3.87. The van der Waals surface area contributed by atoms with Gasteiger partial charge < -0.3 is 10.0 Å². The molecule has 21 heavy (non-hydrogen) atoms. The van der Waals surface area contributed by atoms with E-state index in [9.17, 15) is 4.79 Å². The standard InChI is InChI=1S/C15H18N2O2S2/c1-10-13(21-14(16-10)12-4-7-20-9-12)15(19)17-5-2-11(8-17)3-6-18/h4,7,9,11,18H,2-3,5-6,8H2,1H3. The zero-order chi connectivity index (χ0) is 14.8. The molecule has 4 nitrogen and oxygen atoms in total. The van der Waals surface area contributed by atoms with Crippen LogP contribution in [0.4, 0.5) is 0 Å². The number of carbonyl (C=O) groups is 1. The van der Waals surface area contributed by atoms with Crippen molar-refractivity contribution < 1.29 is 9.90 Å². The number of carbonyl (C=O) groups excluding carboxylic acids is 1. The number of amides is 1. The predicted octanol–water partition coefficient (Wildman–Crippen LogP) is 3.02. The Labute approximate surface area is 132 Å². The zero-order valence-electron chi connectivity index (χ0n) is 11.9. The molecule has 0 aliphatic carbocycles. The molecular weight excluding hydrogens is 304 g/mol. The summed E-state index contributed by atoms with van der Waals surface area (Å²) in [5, 5.41) is 14.0. The molecule has 3 rings (SSSR count). The first kappa shape index (κ1) is 14.7. The fourth-order valence-corrected chi connectivity index (χ4v) is 4.43. The summed E-state index contributed by atoms with van der Waals surface area (Å²) in [4.78, 5) is 19.8. The van der Waals surface area contributed by atoms with Gasteiger partial charge in [0.1, 0.15) is 9.88 Å². The van der Waals surface area contributed by atoms with Crippen LogP contribution in [0.15, 0.2) is 16.8 Å². The second kappa shape index (κ2) is 6.25.